The summed E-state index contributed by atoms with van der Waals surface area (Å²) in [5.41, 5.74) is 2.11. The molecule has 2 aromatic carbocycles. The van der Waals surface area contributed by atoms with E-state index in [-0.39, 0.29) is 0 Å². The van der Waals surface area contributed by atoms with Gasteiger partial charge in [-0.3, -0.25) is 0 Å². The van der Waals surface area contributed by atoms with Crippen molar-refractivity contribution in [2.45, 2.75) is 32.1 Å². The Morgan fingerprint density at radius 3 is 2.70 bits per heavy atom. The number of aromatic nitrogens is 1. The predicted molar refractivity (Wildman–Crippen MR) is 115 cm³/mol. The molecule has 142 valence electrons. The summed E-state index contributed by atoms with van der Waals surface area (Å²) < 4.78 is 11.8. The van der Waals surface area contributed by atoms with Gasteiger partial charge in [0.15, 0.2) is 0 Å². The van der Waals surface area contributed by atoms with E-state index in [4.69, 9.17) is 16.3 Å². The van der Waals surface area contributed by atoms with Crippen LogP contribution >= 0.6 is 23.1 Å². The van der Waals surface area contributed by atoms with Gasteiger partial charge in [0.1, 0.15) is 5.75 Å². The fourth-order valence-corrected chi connectivity index (χ4v) is 4.67. The summed E-state index contributed by atoms with van der Waals surface area (Å²) in [6.45, 7) is 3.17. The maximum atomic E-state index is 5.99. The zero-order valence-electron chi connectivity index (χ0n) is 15.4. The van der Waals surface area contributed by atoms with E-state index in [1.807, 2.05) is 24.3 Å². The second-order valence-electron chi connectivity index (χ2n) is 7.23. The van der Waals surface area contributed by atoms with Crippen molar-refractivity contribution >= 4 is 33.2 Å². The first-order valence-corrected chi connectivity index (χ1v) is 10.9. The van der Waals surface area contributed by atoms with Crippen LogP contribution < -0.4 is 10.1 Å². The van der Waals surface area contributed by atoms with E-state index in [0.717, 1.165) is 45.7 Å². The van der Waals surface area contributed by atoms with Gasteiger partial charge < -0.3 is 10.1 Å². The molecule has 0 spiro atoms. The normalized spacial score (nSPS) is 15.3. The minimum atomic E-state index is 0.745. The number of nitrogens with one attached hydrogen (secondary N) is 1. The number of fused-ring (bicyclic) bond motifs is 1. The average molecular weight is 401 g/mol. The molecule has 2 heterocycles. The van der Waals surface area contributed by atoms with Crippen LogP contribution in [0.3, 0.4) is 0 Å². The molecule has 0 amide bonds. The summed E-state index contributed by atoms with van der Waals surface area (Å²) in [6, 6.07) is 14.1. The van der Waals surface area contributed by atoms with Gasteiger partial charge in [-0.1, -0.05) is 30.2 Å². The molecule has 5 heteroatoms. The molecule has 0 aliphatic carbocycles. The van der Waals surface area contributed by atoms with E-state index in [1.54, 1.807) is 0 Å². The summed E-state index contributed by atoms with van der Waals surface area (Å²) in [6.07, 6.45) is 6.38. The van der Waals surface area contributed by atoms with Gasteiger partial charge in [-0.05, 0) is 86.6 Å². The lowest BCUT2D eigenvalue weighted by atomic mass is 9.93. The van der Waals surface area contributed by atoms with Crippen LogP contribution in [0.5, 0.6) is 5.75 Å². The highest BCUT2D eigenvalue weighted by atomic mass is 35.5. The van der Waals surface area contributed by atoms with Crippen molar-refractivity contribution in [3.63, 3.8) is 0 Å². The van der Waals surface area contributed by atoms with Crippen molar-refractivity contribution < 1.29 is 4.74 Å². The summed E-state index contributed by atoms with van der Waals surface area (Å²) >= 11 is 7.51. The van der Waals surface area contributed by atoms with Crippen molar-refractivity contribution in [2.75, 3.05) is 19.7 Å². The number of benzene rings is 2. The number of nitrogens with zero attached hydrogens (tertiary/aromatic N) is 1. The van der Waals surface area contributed by atoms with Gasteiger partial charge in [-0.25, -0.2) is 0 Å². The highest BCUT2D eigenvalue weighted by Crippen LogP contribution is 2.33. The number of unbranched alkanes of at least 4 members (excludes halogenated alkanes) is 1. The summed E-state index contributed by atoms with van der Waals surface area (Å²) in [5, 5.41) is 5.34. The van der Waals surface area contributed by atoms with Crippen molar-refractivity contribution in [3.05, 3.63) is 47.5 Å². The van der Waals surface area contributed by atoms with Crippen LogP contribution in [0.2, 0.25) is 5.02 Å². The Hall–Kier alpha value is -1.62. The molecule has 1 saturated heterocycles. The monoisotopic (exact) mass is 400 g/mol. The van der Waals surface area contributed by atoms with Crippen LogP contribution in [0.25, 0.3) is 21.3 Å². The van der Waals surface area contributed by atoms with Crippen LogP contribution in [0.15, 0.2) is 42.5 Å². The Labute approximate surface area is 169 Å². The molecule has 0 unspecified atom stereocenters. The number of ether oxygens (including phenoxy) is 1. The quantitative estimate of drug-likeness (QED) is 0.482. The van der Waals surface area contributed by atoms with Gasteiger partial charge in [-0.15, -0.1) is 0 Å². The highest BCUT2D eigenvalue weighted by Gasteiger charge is 2.12. The third kappa shape index (κ3) is 4.81. The fourth-order valence-electron chi connectivity index (χ4n) is 3.72. The minimum absolute atomic E-state index is 0.745. The van der Waals surface area contributed by atoms with Crippen molar-refractivity contribution in [1.82, 2.24) is 9.69 Å². The Balaban J connectivity index is 1.31. The van der Waals surface area contributed by atoms with E-state index < -0.39 is 0 Å². The number of hydrogen-bond donors (Lipinski definition) is 1. The standard InChI is InChI=1S/C22H25ClN2OS/c23-18-6-4-17(5-7-18)22-20-9-8-19(15-21(20)27-25-22)26-14-2-1-3-16-10-12-24-13-11-16/h4-9,15-16,24H,1-3,10-14H2. The zero-order chi connectivity index (χ0) is 18.5. The van der Waals surface area contributed by atoms with Crippen LogP contribution in [0.4, 0.5) is 0 Å². The molecule has 1 aliphatic rings. The van der Waals surface area contributed by atoms with Gasteiger partial charge in [0.25, 0.3) is 0 Å². The summed E-state index contributed by atoms with van der Waals surface area (Å²) in [7, 11) is 0. The Morgan fingerprint density at radius 1 is 1.07 bits per heavy atom. The first-order valence-electron chi connectivity index (χ1n) is 9.78. The maximum absolute atomic E-state index is 5.99. The SMILES string of the molecule is Clc1ccc(-c2nsc3cc(OCCCCC4CCNCC4)ccc23)cc1. The first kappa shape index (κ1) is 18.7. The molecule has 3 nitrogen and oxygen atoms in total. The van der Waals surface area contributed by atoms with Crippen molar-refractivity contribution in [2.24, 2.45) is 5.92 Å². The van der Waals surface area contributed by atoms with E-state index in [1.165, 1.54) is 55.7 Å². The maximum Gasteiger partial charge on any atom is 0.120 e. The molecule has 4 rings (SSSR count). The fraction of sp³-hybridized carbons (Fsp3) is 0.409. The topological polar surface area (TPSA) is 34.1 Å². The molecule has 3 aromatic rings. The van der Waals surface area contributed by atoms with E-state index in [2.05, 4.69) is 27.9 Å². The first-order chi connectivity index (χ1) is 13.3. The average Bonchev–Trinajstić information content (AvgIpc) is 3.12. The lowest BCUT2D eigenvalue weighted by Crippen LogP contribution is -2.27. The molecule has 1 aliphatic heterocycles. The Bertz CT molecular complexity index is 872. The van der Waals surface area contributed by atoms with E-state index >= 15 is 0 Å². The molecule has 0 radical (unpaired) electrons. The van der Waals surface area contributed by atoms with E-state index in [0.29, 0.717) is 0 Å². The predicted octanol–water partition coefficient (Wildman–Crippen LogP) is 6.17. The molecule has 1 N–H and O–H groups in total. The van der Waals surface area contributed by atoms with Crippen molar-refractivity contribution in [1.29, 1.82) is 0 Å². The lowest BCUT2D eigenvalue weighted by Gasteiger charge is -2.22. The third-order valence-corrected chi connectivity index (χ3v) is 6.36. The van der Waals surface area contributed by atoms with Gasteiger partial charge in [0, 0.05) is 16.0 Å². The summed E-state index contributed by atoms with van der Waals surface area (Å²) in [4.78, 5) is 0. The lowest BCUT2D eigenvalue weighted by molar-refractivity contribution is 0.288. The number of piperidine rings is 1. The van der Waals surface area contributed by atoms with Crippen molar-refractivity contribution in [3.8, 4) is 17.0 Å². The zero-order valence-corrected chi connectivity index (χ0v) is 17.0. The molecule has 0 atom stereocenters. The Kier molecular flexibility index (Phi) is 6.28. The van der Waals surface area contributed by atoms with Gasteiger partial charge in [-0.2, -0.15) is 4.37 Å². The summed E-state index contributed by atoms with van der Waals surface area (Å²) in [5.74, 6) is 1.85. The second-order valence-corrected chi connectivity index (χ2v) is 8.48. The Morgan fingerprint density at radius 2 is 1.89 bits per heavy atom. The second kappa shape index (κ2) is 9.05. The van der Waals surface area contributed by atoms with Crippen LogP contribution in [-0.4, -0.2) is 24.1 Å². The number of hydrogen-bond acceptors (Lipinski definition) is 4. The molecule has 1 aromatic heterocycles. The van der Waals surface area contributed by atoms with Crippen LogP contribution in [-0.2, 0) is 0 Å². The highest BCUT2D eigenvalue weighted by molar-refractivity contribution is 7.13. The van der Waals surface area contributed by atoms with Crippen LogP contribution in [0, 0.1) is 5.92 Å². The molecule has 27 heavy (non-hydrogen) atoms. The minimum Gasteiger partial charge on any atom is -0.494 e. The third-order valence-electron chi connectivity index (χ3n) is 5.30. The molecule has 1 fully saturated rings. The molecular formula is C22H25ClN2OS. The molecule has 0 saturated carbocycles. The number of halogens is 1. The van der Waals surface area contributed by atoms with Gasteiger partial charge in [0.05, 0.1) is 17.0 Å². The van der Waals surface area contributed by atoms with Gasteiger partial charge in [0.2, 0.25) is 0 Å². The van der Waals surface area contributed by atoms with Gasteiger partial charge >= 0.3 is 0 Å². The van der Waals surface area contributed by atoms with Crippen LogP contribution in [0.1, 0.15) is 32.1 Å². The molecule has 0 bridgehead atoms. The molecular weight excluding hydrogens is 376 g/mol. The number of rotatable bonds is 7. The van der Waals surface area contributed by atoms with E-state index in [9.17, 15) is 0 Å². The largest absolute Gasteiger partial charge is 0.494 e. The smallest absolute Gasteiger partial charge is 0.120 e.